The highest BCUT2D eigenvalue weighted by molar-refractivity contribution is 8.00. The average Bonchev–Trinajstić information content (AvgIpc) is 3.90. The molecule has 47 heavy (non-hydrogen) atoms. The monoisotopic (exact) mass is 661 g/mol. The summed E-state index contributed by atoms with van der Waals surface area (Å²) in [6, 6.07) is 11.2. The summed E-state index contributed by atoms with van der Waals surface area (Å²) in [5.74, 6) is -3.52. The van der Waals surface area contributed by atoms with Crippen LogP contribution in [0.25, 0.3) is 10.9 Å². The van der Waals surface area contributed by atoms with Crippen LogP contribution in [0.3, 0.4) is 0 Å². The first kappa shape index (κ1) is 30.9. The van der Waals surface area contributed by atoms with Gasteiger partial charge in [-0.2, -0.15) is 0 Å². The Morgan fingerprint density at radius 3 is 2.36 bits per heavy atom. The molecule has 3 aliphatic heterocycles. The number of benzene rings is 2. The lowest BCUT2D eigenvalue weighted by molar-refractivity contribution is -0.150. The first-order valence-corrected chi connectivity index (χ1v) is 16.5. The lowest BCUT2D eigenvalue weighted by Gasteiger charge is -2.50. The molecule has 244 valence electrons. The fourth-order valence-electron chi connectivity index (χ4n) is 6.64. The molecule has 3 fully saturated rings. The Balaban J connectivity index is 1.03. The zero-order valence-electron chi connectivity index (χ0n) is 25.2. The number of pyridine rings is 1. The quantitative estimate of drug-likeness (QED) is 0.291. The second-order valence-corrected chi connectivity index (χ2v) is 13.4. The second kappa shape index (κ2) is 12.2. The number of aromatic nitrogens is 1. The van der Waals surface area contributed by atoms with Crippen LogP contribution in [0.5, 0.6) is 0 Å². The van der Waals surface area contributed by atoms with Crippen molar-refractivity contribution in [3.8, 4) is 0 Å². The number of thioether (sulfide) groups is 1. The maximum Gasteiger partial charge on any atom is 0.352 e. The number of amides is 2. The summed E-state index contributed by atoms with van der Waals surface area (Å²) < 4.78 is 17.2. The van der Waals surface area contributed by atoms with Gasteiger partial charge in [0.25, 0.3) is 5.91 Å². The molecule has 1 saturated carbocycles. The lowest BCUT2D eigenvalue weighted by Crippen LogP contribution is -2.70. The number of carboxylic acids is 2. The molecule has 12 nitrogen and oxygen atoms in total. The molecule has 2 atom stereocenters. The van der Waals surface area contributed by atoms with Gasteiger partial charge < -0.3 is 25.0 Å². The van der Waals surface area contributed by atoms with E-state index in [1.807, 2.05) is 35.2 Å². The van der Waals surface area contributed by atoms with Gasteiger partial charge >= 0.3 is 11.9 Å². The molecule has 1 aromatic heterocycles. The summed E-state index contributed by atoms with van der Waals surface area (Å²) in [6.45, 7) is 2.20. The molecule has 4 heterocycles. The Labute approximate surface area is 272 Å². The SMILES string of the molecule is O=C(Cc1ccccc1)N[C@@H]1C(=O)N2C(C(=O)O)=C(CN3CCN(c4cc5c(cc4F)c(=O)c(C(=O)O)cn5C4CC4)CC3)CS[C@H]12. The summed E-state index contributed by atoms with van der Waals surface area (Å²) in [4.78, 5) is 67.8. The number of carbonyl (C=O) groups is 4. The Hall–Kier alpha value is -4.69. The van der Waals surface area contributed by atoms with Crippen molar-refractivity contribution in [2.45, 2.75) is 36.7 Å². The van der Waals surface area contributed by atoms with E-state index in [-0.39, 0.29) is 35.0 Å². The van der Waals surface area contributed by atoms with Crippen molar-refractivity contribution < 1.29 is 33.8 Å². The zero-order chi connectivity index (χ0) is 33.0. The minimum absolute atomic E-state index is 0.0384. The number of aliphatic carboxylic acids is 1. The molecule has 2 aromatic carbocycles. The number of nitrogens with one attached hydrogen (secondary N) is 1. The van der Waals surface area contributed by atoms with E-state index in [9.17, 15) is 34.2 Å². The van der Waals surface area contributed by atoms with Crippen molar-refractivity contribution in [1.82, 2.24) is 19.7 Å². The number of carboxylic acid groups (broad SMARTS) is 2. The van der Waals surface area contributed by atoms with Crippen molar-refractivity contribution in [1.29, 1.82) is 0 Å². The number of halogens is 1. The molecule has 7 rings (SSSR count). The van der Waals surface area contributed by atoms with E-state index in [0.29, 0.717) is 55.3 Å². The van der Waals surface area contributed by atoms with Gasteiger partial charge in [0.15, 0.2) is 0 Å². The van der Waals surface area contributed by atoms with Gasteiger partial charge in [0.2, 0.25) is 11.3 Å². The molecule has 1 aliphatic carbocycles. The highest BCUT2D eigenvalue weighted by Crippen LogP contribution is 2.41. The number of hydrogen-bond donors (Lipinski definition) is 3. The minimum atomic E-state index is -1.34. The van der Waals surface area contributed by atoms with Crippen LogP contribution in [0, 0.1) is 5.82 Å². The largest absolute Gasteiger partial charge is 0.477 e. The molecule has 2 amide bonds. The van der Waals surface area contributed by atoms with E-state index in [2.05, 4.69) is 10.2 Å². The highest BCUT2D eigenvalue weighted by atomic mass is 32.2. The fraction of sp³-hybridized carbons (Fsp3) is 0.364. The van der Waals surface area contributed by atoms with E-state index in [4.69, 9.17) is 0 Å². The summed E-state index contributed by atoms with van der Waals surface area (Å²) >= 11 is 1.42. The van der Waals surface area contributed by atoms with Crippen LogP contribution in [0.1, 0.15) is 34.8 Å². The first-order valence-electron chi connectivity index (χ1n) is 15.4. The Morgan fingerprint density at radius 1 is 0.979 bits per heavy atom. The molecular formula is C33H32FN5O7S. The maximum absolute atomic E-state index is 15.4. The van der Waals surface area contributed by atoms with Gasteiger partial charge in [-0.15, -0.1) is 11.8 Å². The van der Waals surface area contributed by atoms with E-state index >= 15 is 4.39 Å². The van der Waals surface area contributed by atoms with Gasteiger partial charge in [-0.25, -0.2) is 14.0 Å². The molecule has 0 radical (unpaired) electrons. The van der Waals surface area contributed by atoms with Gasteiger partial charge in [-0.1, -0.05) is 30.3 Å². The molecule has 0 spiro atoms. The molecule has 0 bridgehead atoms. The lowest BCUT2D eigenvalue weighted by atomic mass is 10.0. The number of piperazine rings is 1. The molecular weight excluding hydrogens is 629 g/mol. The number of anilines is 1. The number of hydrogen-bond acceptors (Lipinski definition) is 8. The Kier molecular flexibility index (Phi) is 8.00. The summed E-state index contributed by atoms with van der Waals surface area (Å²) in [5.41, 5.74) is 1.10. The van der Waals surface area contributed by atoms with E-state index in [1.54, 1.807) is 10.6 Å². The normalized spacial score (nSPS) is 21.4. The third kappa shape index (κ3) is 5.76. The van der Waals surface area contributed by atoms with Crippen LogP contribution in [0.15, 0.2) is 64.7 Å². The van der Waals surface area contributed by atoms with Crippen LogP contribution in [0.4, 0.5) is 10.1 Å². The molecule has 3 N–H and O–H groups in total. The molecule has 3 aromatic rings. The first-order chi connectivity index (χ1) is 22.6. The van der Waals surface area contributed by atoms with Crippen molar-refractivity contribution >= 4 is 52.1 Å². The van der Waals surface area contributed by atoms with Gasteiger partial charge in [-0.3, -0.25) is 24.2 Å². The minimum Gasteiger partial charge on any atom is -0.477 e. The number of rotatable bonds is 9. The predicted molar refractivity (Wildman–Crippen MR) is 172 cm³/mol. The Morgan fingerprint density at radius 2 is 1.70 bits per heavy atom. The van der Waals surface area contributed by atoms with E-state index < -0.39 is 40.5 Å². The summed E-state index contributed by atoms with van der Waals surface area (Å²) in [6.07, 6.45) is 3.18. The van der Waals surface area contributed by atoms with Crippen molar-refractivity contribution in [3.63, 3.8) is 0 Å². The number of nitrogens with zero attached hydrogens (tertiary/aromatic N) is 4. The smallest absolute Gasteiger partial charge is 0.352 e. The second-order valence-electron chi connectivity index (χ2n) is 12.3. The van der Waals surface area contributed by atoms with Crippen LogP contribution < -0.4 is 15.6 Å². The van der Waals surface area contributed by atoms with Gasteiger partial charge in [0.1, 0.15) is 28.5 Å². The van der Waals surface area contributed by atoms with E-state index in [0.717, 1.165) is 24.5 Å². The molecule has 0 unspecified atom stereocenters. The molecule has 14 heteroatoms. The standard InChI is InChI=1S/C33H32FN5O7S/c34-23-13-21-24(38(20-6-7-20)16-22(29(21)41)32(43)44)14-25(23)37-10-8-36(9-11-37)15-19-17-47-31-27(30(42)39(31)28(19)33(45)46)35-26(40)12-18-4-2-1-3-5-18/h1-5,13-14,16,20,27,31H,6-12,15,17H2,(H,35,40)(H,43,44)(H,45,46)/t27-,31-/m1/s1. The predicted octanol–water partition coefficient (Wildman–Crippen LogP) is 2.28. The van der Waals surface area contributed by atoms with Gasteiger partial charge in [0, 0.05) is 56.1 Å². The van der Waals surface area contributed by atoms with Crippen LogP contribution in [0.2, 0.25) is 0 Å². The average molecular weight is 662 g/mol. The third-order valence-electron chi connectivity index (χ3n) is 9.17. The third-order valence-corrected chi connectivity index (χ3v) is 10.5. The number of β-lactam (4-membered cyclic amide) rings is 1. The van der Waals surface area contributed by atoms with Crippen molar-refractivity contribution in [2.75, 3.05) is 43.4 Å². The topological polar surface area (TPSA) is 152 Å². The maximum atomic E-state index is 15.4. The van der Waals surface area contributed by atoms with Crippen molar-refractivity contribution in [2.24, 2.45) is 0 Å². The van der Waals surface area contributed by atoms with E-state index in [1.165, 1.54) is 22.9 Å². The van der Waals surface area contributed by atoms with Crippen LogP contribution >= 0.6 is 11.8 Å². The van der Waals surface area contributed by atoms with Gasteiger partial charge in [0.05, 0.1) is 17.6 Å². The number of fused-ring (bicyclic) bond motifs is 2. The zero-order valence-corrected chi connectivity index (χ0v) is 26.0. The number of carbonyl (C=O) groups excluding carboxylic acids is 2. The fourth-order valence-corrected chi connectivity index (χ4v) is 7.97. The van der Waals surface area contributed by atoms with Crippen LogP contribution in [-0.2, 0) is 20.8 Å². The molecule has 2 saturated heterocycles. The van der Waals surface area contributed by atoms with Crippen LogP contribution in [-0.4, -0.2) is 98.2 Å². The number of aromatic carboxylic acids is 1. The van der Waals surface area contributed by atoms with Crippen molar-refractivity contribution in [3.05, 3.63) is 87.1 Å². The summed E-state index contributed by atoms with van der Waals surface area (Å²) in [7, 11) is 0. The highest BCUT2D eigenvalue weighted by Gasteiger charge is 2.54. The molecule has 4 aliphatic rings. The van der Waals surface area contributed by atoms with Gasteiger partial charge in [-0.05, 0) is 36.1 Å². The Bertz CT molecular complexity index is 1900. The summed E-state index contributed by atoms with van der Waals surface area (Å²) in [5, 5.41) is 21.9.